The molecule has 0 bridgehead atoms. The van der Waals surface area contributed by atoms with Gasteiger partial charge in [0, 0.05) is 31.7 Å². The first kappa shape index (κ1) is 12.6. The summed E-state index contributed by atoms with van der Waals surface area (Å²) in [7, 11) is 0. The Hall–Kier alpha value is -0.860. The van der Waals surface area contributed by atoms with Gasteiger partial charge in [0.15, 0.2) is 0 Å². The van der Waals surface area contributed by atoms with Crippen LogP contribution in [0.5, 0.6) is 0 Å². The molecule has 0 aromatic heterocycles. The van der Waals surface area contributed by atoms with Crippen LogP contribution >= 0.6 is 0 Å². The van der Waals surface area contributed by atoms with E-state index in [2.05, 4.69) is 55.3 Å². The van der Waals surface area contributed by atoms with Crippen LogP contribution in [-0.2, 0) is 6.42 Å². The van der Waals surface area contributed by atoms with Gasteiger partial charge in [-0.2, -0.15) is 0 Å². The lowest BCUT2D eigenvalue weighted by Gasteiger charge is -2.41. The molecule has 1 aliphatic heterocycles. The first-order valence-corrected chi connectivity index (χ1v) is 6.60. The van der Waals surface area contributed by atoms with Crippen molar-refractivity contribution in [1.29, 1.82) is 0 Å². The normalized spacial score (nSPS) is 18.3. The SMILES string of the molecule is Cc1ccccc1CC(C)(C)N1CCNCC1. The van der Waals surface area contributed by atoms with Gasteiger partial charge >= 0.3 is 0 Å². The van der Waals surface area contributed by atoms with Crippen molar-refractivity contribution in [3.8, 4) is 0 Å². The predicted molar refractivity (Wildman–Crippen MR) is 73.4 cm³/mol. The Labute approximate surface area is 105 Å². The molecule has 2 heteroatoms. The number of piperazine rings is 1. The fourth-order valence-corrected chi connectivity index (χ4v) is 2.66. The first-order chi connectivity index (χ1) is 8.09. The first-order valence-electron chi connectivity index (χ1n) is 6.60. The van der Waals surface area contributed by atoms with Gasteiger partial charge in [0.05, 0.1) is 0 Å². The van der Waals surface area contributed by atoms with Gasteiger partial charge in [0.2, 0.25) is 0 Å². The van der Waals surface area contributed by atoms with Gasteiger partial charge in [0.25, 0.3) is 0 Å². The third kappa shape index (κ3) is 3.08. The van der Waals surface area contributed by atoms with Gasteiger partial charge in [-0.3, -0.25) is 4.90 Å². The maximum absolute atomic E-state index is 3.42. The molecule has 1 aliphatic rings. The average molecular weight is 232 g/mol. The van der Waals surface area contributed by atoms with Crippen molar-refractivity contribution >= 4 is 0 Å². The summed E-state index contributed by atoms with van der Waals surface area (Å²) in [6, 6.07) is 8.75. The summed E-state index contributed by atoms with van der Waals surface area (Å²) >= 11 is 0. The van der Waals surface area contributed by atoms with Gasteiger partial charge in [-0.15, -0.1) is 0 Å². The second-order valence-electron chi connectivity index (χ2n) is 5.65. The molecule has 0 aliphatic carbocycles. The molecule has 2 rings (SSSR count). The second kappa shape index (κ2) is 5.19. The van der Waals surface area contributed by atoms with Crippen LogP contribution in [0.1, 0.15) is 25.0 Å². The Morgan fingerprint density at radius 2 is 1.82 bits per heavy atom. The van der Waals surface area contributed by atoms with Crippen LogP contribution < -0.4 is 5.32 Å². The maximum atomic E-state index is 3.42. The number of aryl methyl sites for hydroxylation is 1. The minimum absolute atomic E-state index is 0.258. The number of nitrogens with one attached hydrogen (secondary N) is 1. The number of benzene rings is 1. The minimum atomic E-state index is 0.258. The smallest absolute Gasteiger partial charge is 0.0194 e. The molecule has 0 unspecified atom stereocenters. The topological polar surface area (TPSA) is 15.3 Å². The highest BCUT2D eigenvalue weighted by Gasteiger charge is 2.28. The van der Waals surface area contributed by atoms with E-state index in [0.717, 1.165) is 19.5 Å². The summed E-state index contributed by atoms with van der Waals surface area (Å²) < 4.78 is 0. The molecule has 0 amide bonds. The van der Waals surface area contributed by atoms with Crippen LogP contribution in [0.4, 0.5) is 0 Å². The number of hydrogen-bond donors (Lipinski definition) is 1. The van der Waals surface area contributed by atoms with Gasteiger partial charge in [-0.1, -0.05) is 24.3 Å². The molecule has 0 saturated carbocycles. The molecule has 17 heavy (non-hydrogen) atoms. The molecule has 94 valence electrons. The van der Waals surface area contributed by atoms with E-state index in [1.165, 1.54) is 24.2 Å². The van der Waals surface area contributed by atoms with Crippen molar-refractivity contribution in [1.82, 2.24) is 10.2 Å². The standard InChI is InChI=1S/C15H24N2/c1-13-6-4-5-7-14(13)12-15(2,3)17-10-8-16-9-11-17/h4-7,16H,8-12H2,1-3H3. The molecule has 0 spiro atoms. The fourth-order valence-electron chi connectivity index (χ4n) is 2.66. The molecule has 0 atom stereocenters. The van der Waals surface area contributed by atoms with Crippen molar-refractivity contribution in [2.75, 3.05) is 26.2 Å². The Morgan fingerprint density at radius 3 is 2.47 bits per heavy atom. The molecule has 1 N–H and O–H groups in total. The van der Waals surface area contributed by atoms with Crippen molar-refractivity contribution < 1.29 is 0 Å². The zero-order valence-corrected chi connectivity index (χ0v) is 11.3. The third-order valence-electron chi connectivity index (χ3n) is 3.86. The van der Waals surface area contributed by atoms with Crippen LogP contribution in [0.3, 0.4) is 0 Å². The molecule has 0 radical (unpaired) electrons. The lowest BCUT2D eigenvalue weighted by molar-refractivity contribution is 0.103. The summed E-state index contributed by atoms with van der Waals surface area (Å²) in [5.74, 6) is 0. The highest BCUT2D eigenvalue weighted by molar-refractivity contribution is 5.27. The van der Waals surface area contributed by atoms with Crippen LogP contribution in [0.15, 0.2) is 24.3 Å². The molecular weight excluding hydrogens is 208 g/mol. The van der Waals surface area contributed by atoms with Gasteiger partial charge in [-0.25, -0.2) is 0 Å². The number of nitrogens with zero attached hydrogens (tertiary/aromatic N) is 1. The molecule has 1 aromatic carbocycles. The van der Waals surface area contributed by atoms with E-state index in [1.807, 2.05) is 0 Å². The van der Waals surface area contributed by atoms with E-state index < -0.39 is 0 Å². The van der Waals surface area contributed by atoms with E-state index in [-0.39, 0.29) is 5.54 Å². The Kier molecular flexibility index (Phi) is 3.85. The lowest BCUT2D eigenvalue weighted by Crippen LogP contribution is -2.54. The summed E-state index contributed by atoms with van der Waals surface area (Å²) in [4.78, 5) is 2.61. The molecule has 1 heterocycles. The average Bonchev–Trinajstić information content (AvgIpc) is 2.33. The predicted octanol–water partition coefficient (Wildman–Crippen LogP) is 2.22. The Balaban J connectivity index is 2.08. The minimum Gasteiger partial charge on any atom is -0.314 e. The van der Waals surface area contributed by atoms with Gasteiger partial charge in [0.1, 0.15) is 0 Å². The van der Waals surface area contributed by atoms with E-state index in [1.54, 1.807) is 0 Å². The van der Waals surface area contributed by atoms with Crippen LogP contribution in [0, 0.1) is 6.92 Å². The highest BCUT2D eigenvalue weighted by atomic mass is 15.2. The summed E-state index contributed by atoms with van der Waals surface area (Å²) in [6.07, 6.45) is 1.14. The third-order valence-corrected chi connectivity index (χ3v) is 3.86. The molecule has 2 nitrogen and oxygen atoms in total. The van der Waals surface area contributed by atoms with Gasteiger partial charge in [-0.05, 0) is 38.3 Å². The molecule has 1 fully saturated rings. The van der Waals surface area contributed by atoms with Crippen molar-refractivity contribution in [3.63, 3.8) is 0 Å². The summed E-state index contributed by atoms with van der Waals surface area (Å²) in [6.45, 7) is 11.5. The molecule has 1 saturated heterocycles. The zero-order chi connectivity index (χ0) is 12.3. The maximum Gasteiger partial charge on any atom is 0.0194 e. The van der Waals surface area contributed by atoms with E-state index in [9.17, 15) is 0 Å². The van der Waals surface area contributed by atoms with E-state index in [4.69, 9.17) is 0 Å². The van der Waals surface area contributed by atoms with Crippen molar-refractivity contribution in [3.05, 3.63) is 35.4 Å². The van der Waals surface area contributed by atoms with Crippen LogP contribution in [0.2, 0.25) is 0 Å². The molecular formula is C15H24N2. The lowest BCUT2D eigenvalue weighted by atomic mass is 9.90. The van der Waals surface area contributed by atoms with E-state index >= 15 is 0 Å². The van der Waals surface area contributed by atoms with Crippen molar-refractivity contribution in [2.24, 2.45) is 0 Å². The fraction of sp³-hybridized carbons (Fsp3) is 0.600. The monoisotopic (exact) mass is 232 g/mol. The number of hydrogen-bond acceptors (Lipinski definition) is 2. The van der Waals surface area contributed by atoms with E-state index in [0.29, 0.717) is 0 Å². The van der Waals surface area contributed by atoms with Crippen LogP contribution in [0.25, 0.3) is 0 Å². The molecule has 1 aromatic rings. The Bertz CT molecular complexity index is 365. The summed E-state index contributed by atoms with van der Waals surface area (Å²) in [5.41, 5.74) is 3.15. The highest BCUT2D eigenvalue weighted by Crippen LogP contribution is 2.22. The van der Waals surface area contributed by atoms with Crippen LogP contribution in [-0.4, -0.2) is 36.6 Å². The second-order valence-corrected chi connectivity index (χ2v) is 5.65. The summed E-state index contributed by atoms with van der Waals surface area (Å²) in [5, 5.41) is 3.42. The zero-order valence-electron chi connectivity index (χ0n) is 11.3. The quantitative estimate of drug-likeness (QED) is 0.859. The largest absolute Gasteiger partial charge is 0.314 e. The Morgan fingerprint density at radius 1 is 1.18 bits per heavy atom. The number of rotatable bonds is 3. The van der Waals surface area contributed by atoms with Gasteiger partial charge < -0.3 is 5.32 Å². The van der Waals surface area contributed by atoms with Crippen molar-refractivity contribution in [2.45, 2.75) is 32.7 Å².